The van der Waals surface area contributed by atoms with Crippen molar-refractivity contribution in [3.63, 3.8) is 0 Å². The van der Waals surface area contributed by atoms with Gasteiger partial charge < -0.3 is 31.2 Å². The Bertz CT molecular complexity index is 1390. The Kier molecular flexibility index (Phi) is 6.24. The summed E-state index contributed by atoms with van der Waals surface area (Å²) in [4.78, 5) is 43.4. The molecule has 2 heterocycles. The van der Waals surface area contributed by atoms with E-state index in [0.717, 1.165) is 22.0 Å². The van der Waals surface area contributed by atoms with Crippen LogP contribution in [-0.4, -0.2) is 50.0 Å². The molecule has 176 valence electrons. The summed E-state index contributed by atoms with van der Waals surface area (Å²) in [5.41, 5.74) is 9.01. The van der Waals surface area contributed by atoms with E-state index in [2.05, 4.69) is 20.6 Å². The van der Waals surface area contributed by atoms with Crippen LogP contribution in [0.2, 0.25) is 0 Å². The number of fused-ring (bicyclic) bond motifs is 2. The van der Waals surface area contributed by atoms with E-state index >= 15 is 0 Å². The van der Waals surface area contributed by atoms with Crippen LogP contribution in [0.1, 0.15) is 18.1 Å². The van der Waals surface area contributed by atoms with Crippen LogP contribution in [0.15, 0.2) is 48.8 Å². The van der Waals surface area contributed by atoms with Gasteiger partial charge in [0.15, 0.2) is 0 Å². The van der Waals surface area contributed by atoms with Gasteiger partial charge in [0.1, 0.15) is 17.5 Å². The molecule has 0 aliphatic heterocycles. The third kappa shape index (κ3) is 4.86. The van der Waals surface area contributed by atoms with Crippen LogP contribution in [0.3, 0.4) is 0 Å². The zero-order valence-electron chi connectivity index (χ0n) is 18.4. The van der Waals surface area contributed by atoms with Gasteiger partial charge in [-0.2, -0.15) is 0 Å². The van der Waals surface area contributed by atoms with Crippen molar-refractivity contribution in [1.82, 2.24) is 20.6 Å². The standard InChI is InChI=1S/C24H25N5O5/c1-12(30)28-22(7-14-11-27-21-5-3-16(32)9-18(14)21)24(34)29-23(33)19(25)6-13-10-26-20-4-2-15(31)8-17(13)20/h2-5,8-11,19,22,26-27,31-32H,6-7,25H2,1H3,(H,28,30)(H,29,33,34)/t19-,22-/m0/s1. The summed E-state index contributed by atoms with van der Waals surface area (Å²) in [6.07, 6.45) is 3.62. The fourth-order valence-corrected chi connectivity index (χ4v) is 3.98. The van der Waals surface area contributed by atoms with Crippen LogP contribution in [0.25, 0.3) is 21.8 Å². The second kappa shape index (κ2) is 9.28. The van der Waals surface area contributed by atoms with Gasteiger partial charge >= 0.3 is 0 Å². The van der Waals surface area contributed by atoms with Gasteiger partial charge in [0, 0.05) is 47.5 Å². The number of aromatic hydroxyl groups is 2. The van der Waals surface area contributed by atoms with Gasteiger partial charge in [-0.15, -0.1) is 0 Å². The first-order valence-electron chi connectivity index (χ1n) is 10.7. The molecule has 0 aliphatic rings. The summed E-state index contributed by atoms with van der Waals surface area (Å²) >= 11 is 0. The highest BCUT2D eigenvalue weighted by molar-refractivity contribution is 6.01. The molecule has 34 heavy (non-hydrogen) atoms. The van der Waals surface area contributed by atoms with Gasteiger partial charge in [-0.1, -0.05) is 0 Å². The topological polar surface area (TPSA) is 173 Å². The van der Waals surface area contributed by atoms with E-state index in [0.29, 0.717) is 10.9 Å². The van der Waals surface area contributed by atoms with Gasteiger partial charge in [-0.3, -0.25) is 19.7 Å². The zero-order chi connectivity index (χ0) is 24.4. The molecule has 0 saturated carbocycles. The lowest BCUT2D eigenvalue weighted by Gasteiger charge is -2.18. The Balaban J connectivity index is 1.47. The second-order valence-electron chi connectivity index (χ2n) is 8.21. The third-order valence-electron chi connectivity index (χ3n) is 5.64. The maximum Gasteiger partial charge on any atom is 0.249 e. The van der Waals surface area contributed by atoms with Crippen molar-refractivity contribution >= 4 is 39.5 Å². The number of phenols is 2. The van der Waals surface area contributed by atoms with E-state index in [9.17, 15) is 24.6 Å². The summed E-state index contributed by atoms with van der Waals surface area (Å²) in [7, 11) is 0. The highest BCUT2D eigenvalue weighted by atomic mass is 16.3. The molecular formula is C24H25N5O5. The molecule has 8 N–H and O–H groups in total. The fraction of sp³-hybridized carbons (Fsp3) is 0.208. The number of carbonyl (C=O) groups is 3. The lowest BCUT2D eigenvalue weighted by Crippen LogP contribution is -2.53. The number of benzene rings is 2. The maximum atomic E-state index is 12.9. The van der Waals surface area contributed by atoms with Crippen molar-refractivity contribution in [1.29, 1.82) is 0 Å². The van der Waals surface area contributed by atoms with Gasteiger partial charge in [-0.25, -0.2) is 0 Å². The van der Waals surface area contributed by atoms with Crippen LogP contribution >= 0.6 is 0 Å². The van der Waals surface area contributed by atoms with Crippen molar-refractivity contribution in [2.24, 2.45) is 5.73 Å². The van der Waals surface area contributed by atoms with Crippen molar-refractivity contribution in [2.45, 2.75) is 31.8 Å². The van der Waals surface area contributed by atoms with E-state index in [-0.39, 0.29) is 24.3 Å². The molecule has 10 nitrogen and oxygen atoms in total. The number of nitrogens with one attached hydrogen (secondary N) is 4. The van der Waals surface area contributed by atoms with Gasteiger partial charge in [0.2, 0.25) is 17.7 Å². The second-order valence-corrected chi connectivity index (χ2v) is 8.21. The number of hydrogen-bond acceptors (Lipinski definition) is 6. The smallest absolute Gasteiger partial charge is 0.249 e. The number of hydrogen-bond donors (Lipinski definition) is 7. The molecule has 10 heteroatoms. The molecule has 0 saturated heterocycles. The average molecular weight is 463 g/mol. The van der Waals surface area contributed by atoms with Gasteiger partial charge in [0.25, 0.3) is 0 Å². The summed E-state index contributed by atoms with van der Waals surface area (Å²) in [6, 6.07) is 7.57. The van der Waals surface area contributed by atoms with Crippen molar-refractivity contribution in [3.05, 3.63) is 59.9 Å². The predicted molar refractivity (Wildman–Crippen MR) is 126 cm³/mol. The zero-order valence-corrected chi connectivity index (χ0v) is 18.4. The minimum atomic E-state index is -1.03. The Hall–Kier alpha value is -4.31. The minimum Gasteiger partial charge on any atom is -0.508 e. The number of aromatic amines is 2. The van der Waals surface area contributed by atoms with Gasteiger partial charge in [0.05, 0.1) is 6.04 Å². The Labute approximate surface area is 194 Å². The highest BCUT2D eigenvalue weighted by Gasteiger charge is 2.26. The van der Waals surface area contributed by atoms with E-state index < -0.39 is 29.8 Å². The minimum absolute atomic E-state index is 0.0700. The van der Waals surface area contributed by atoms with Crippen LogP contribution < -0.4 is 16.4 Å². The van der Waals surface area contributed by atoms with E-state index in [4.69, 9.17) is 5.73 Å². The Morgan fingerprint density at radius 3 is 1.94 bits per heavy atom. The first kappa shape index (κ1) is 22.9. The van der Waals surface area contributed by atoms with Crippen molar-refractivity contribution in [3.8, 4) is 11.5 Å². The third-order valence-corrected chi connectivity index (χ3v) is 5.64. The molecule has 0 unspecified atom stereocenters. The summed E-state index contributed by atoms with van der Waals surface area (Å²) in [5.74, 6) is -1.66. The largest absolute Gasteiger partial charge is 0.508 e. The normalized spacial score (nSPS) is 13.0. The van der Waals surface area contributed by atoms with Crippen LogP contribution in [0.5, 0.6) is 11.5 Å². The van der Waals surface area contributed by atoms with Crippen molar-refractivity contribution < 1.29 is 24.6 Å². The average Bonchev–Trinajstić information content (AvgIpc) is 3.36. The number of nitrogens with two attached hydrogens (primary N) is 1. The Morgan fingerprint density at radius 2 is 1.41 bits per heavy atom. The molecular weight excluding hydrogens is 438 g/mol. The predicted octanol–water partition coefficient (Wildman–Crippen LogP) is 1.32. The first-order valence-corrected chi connectivity index (χ1v) is 10.7. The number of rotatable bonds is 7. The molecule has 4 aromatic rings. The molecule has 0 fully saturated rings. The van der Waals surface area contributed by atoms with Crippen molar-refractivity contribution in [2.75, 3.05) is 0 Å². The van der Waals surface area contributed by atoms with Gasteiger partial charge in [-0.05, 0) is 53.9 Å². The summed E-state index contributed by atoms with van der Waals surface area (Å²) in [5, 5.41) is 25.8. The molecule has 4 rings (SSSR count). The molecule has 0 spiro atoms. The Morgan fingerprint density at radius 1 is 0.882 bits per heavy atom. The summed E-state index contributed by atoms with van der Waals surface area (Å²) in [6.45, 7) is 1.28. The highest BCUT2D eigenvalue weighted by Crippen LogP contribution is 2.25. The molecule has 2 aromatic carbocycles. The lowest BCUT2D eigenvalue weighted by molar-refractivity contribution is -0.134. The van der Waals surface area contributed by atoms with E-state index in [1.54, 1.807) is 42.7 Å². The first-order chi connectivity index (χ1) is 16.2. The van der Waals surface area contributed by atoms with Crippen LogP contribution in [0, 0.1) is 0 Å². The number of H-pyrrole nitrogens is 2. The van der Waals surface area contributed by atoms with E-state index in [1.165, 1.54) is 13.0 Å². The van der Waals surface area contributed by atoms with E-state index in [1.807, 2.05) is 0 Å². The number of phenolic OH excluding ortho intramolecular Hbond substituents is 2. The molecule has 2 atom stereocenters. The number of aromatic nitrogens is 2. The van der Waals surface area contributed by atoms with Crippen LogP contribution in [0.4, 0.5) is 0 Å². The lowest BCUT2D eigenvalue weighted by atomic mass is 10.0. The molecule has 2 aromatic heterocycles. The number of amides is 3. The monoisotopic (exact) mass is 463 g/mol. The molecule has 0 aliphatic carbocycles. The maximum absolute atomic E-state index is 12.9. The van der Waals surface area contributed by atoms with Crippen LogP contribution in [-0.2, 0) is 27.2 Å². The number of carbonyl (C=O) groups excluding carboxylic acids is 3. The molecule has 0 bridgehead atoms. The quantitative estimate of drug-likeness (QED) is 0.218. The number of imide groups is 1. The SMILES string of the molecule is CC(=O)N[C@@H](Cc1c[nH]c2ccc(O)cc12)C(=O)NC(=O)[C@@H](N)Cc1c[nH]c2ccc(O)cc12. The molecule has 0 radical (unpaired) electrons. The fourth-order valence-electron chi connectivity index (χ4n) is 3.98. The summed E-state index contributed by atoms with van der Waals surface area (Å²) < 4.78 is 0. The molecule has 3 amide bonds.